The second-order valence-electron chi connectivity index (χ2n) is 4.77. The second-order valence-corrected chi connectivity index (χ2v) is 4.77. The Labute approximate surface area is 107 Å². The Morgan fingerprint density at radius 2 is 1.94 bits per heavy atom. The Balaban J connectivity index is 2.34. The molecule has 2 rings (SSSR count). The van der Waals surface area contributed by atoms with Crippen molar-refractivity contribution in [1.29, 1.82) is 5.26 Å². The van der Waals surface area contributed by atoms with Crippen LogP contribution in [-0.4, -0.2) is 9.97 Å². The molecule has 0 bridgehead atoms. The standard InChI is InChI=1S/C15H17N3/c1-10(2)12-4-6-13(7-5-12)15-11(3)17-14(18-15)8-9-16/h4-7,10H,8H2,1-3H3,(H,17,18). The van der Waals surface area contributed by atoms with Gasteiger partial charge in [0.2, 0.25) is 0 Å². The van der Waals surface area contributed by atoms with E-state index in [2.05, 4.69) is 54.2 Å². The predicted octanol–water partition coefficient (Wildman–Crippen LogP) is 3.57. The molecule has 0 unspecified atom stereocenters. The van der Waals surface area contributed by atoms with E-state index in [1.807, 2.05) is 6.92 Å². The van der Waals surface area contributed by atoms with Gasteiger partial charge in [0.05, 0.1) is 18.2 Å². The first-order valence-corrected chi connectivity index (χ1v) is 6.14. The first-order valence-electron chi connectivity index (χ1n) is 6.14. The molecule has 1 N–H and O–H groups in total. The summed E-state index contributed by atoms with van der Waals surface area (Å²) in [7, 11) is 0. The quantitative estimate of drug-likeness (QED) is 0.890. The van der Waals surface area contributed by atoms with E-state index in [-0.39, 0.29) is 0 Å². The topological polar surface area (TPSA) is 52.5 Å². The molecule has 0 aliphatic carbocycles. The number of hydrogen-bond acceptors (Lipinski definition) is 2. The smallest absolute Gasteiger partial charge is 0.121 e. The van der Waals surface area contributed by atoms with E-state index < -0.39 is 0 Å². The van der Waals surface area contributed by atoms with E-state index in [1.54, 1.807) is 0 Å². The minimum absolute atomic E-state index is 0.324. The number of nitrogens with zero attached hydrogens (tertiary/aromatic N) is 2. The molecule has 3 nitrogen and oxygen atoms in total. The average Bonchev–Trinajstić information content (AvgIpc) is 2.71. The van der Waals surface area contributed by atoms with Crippen molar-refractivity contribution in [3.8, 4) is 17.3 Å². The van der Waals surface area contributed by atoms with Crippen molar-refractivity contribution in [1.82, 2.24) is 9.97 Å². The van der Waals surface area contributed by atoms with Crippen molar-refractivity contribution in [2.75, 3.05) is 0 Å². The number of nitriles is 1. The summed E-state index contributed by atoms with van der Waals surface area (Å²) < 4.78 is 0. The van der Waals surface area contributed by atoms with Crippen LogP contribution in [0.25, 0.3) is 11.3 Å². The zero-order chi connectivity index (χ0) is 13.1. The van der Waals surface area contributed by atoms with Gasteiger partial charge in [0.1, 0.15) is 5.82 Å². The van der Waals surface area contributed by atoms with E-state index >= 15 is 0 Å². The summed E-state index contributed by atoms with van der Waals surface area (Å²) in [6.07, 6.45) is 0.324. The van der Waals surface area contributed by atoms with E-state index in [0.29, 0.717) is 12.3 Å². The minimum atomic E-state index is 0.324. The molecule has 0 atom stereocenters. The van der Waals surface area contributed by atoms with Gasteiger partial charge in [-0.3, -0.25) is 0 Å². The molecule has 2 aromatic rings. The lowest BCUT2D eigenvalue weighted by molar-refractivity contribution is 0.867. The summed E-state index contributed by atoms with van der Waals surface area (Å²) in [6.45, 7) is 6.35. The third-order valence-corrected chi connectivity index (χ3v) is 3.03. The van der Waals surface area contributed by atoms with E-state index in [4.69, 9.17) is 5.26 Å². The van der Waals surface area contributed by atoms with E-state index in [1.165, 1.54) is 5.56 Å². The summed E-state index contributed by atoms with van der Waals surface area (Å²) >= 11 is 0. The van der Waals surface area contributed by atoms with Crippen molar-refractivity contribution < 1.29 is 0 Å². The van der Waals surface area contributed by atoms with Gasteiger partial charge >= 0.3 is 0 Å². The molecule has 1 aromatic heterocycles. The molecule has 92 valence electrons. The van der Waals surface area contributed by atoms with Crippen LogP contribution < -0.4 is 0 Å². The number of benzene rings is 1. The maximum absolute atomic E-state index is 8.68. The number of imidazole rings is 1. The van der Waals surface area contributed by atoms with Crippen molar-refractivity contribution >= 4 is 0 Å². The Bertz CT molecular complexity index is 571. The van der Waals surface area contributed by atoms with Crippen molar-refractivity contribution in [3.05, 3.63) is 41.3 Å². The minimum Gasteiger partial charge on any atom is -0.345 e. The number of nitrogens with one attached hydrogen (secondary N) is 1. The van der Waals surface area contributed by atoms with Gasteiger partial charge in [-0.25, -0.2) is 4.98 Å². The van der Waals surface area contributed by atoms with Crippen LogP contribution in [0.15, 0.2) is 24.3 Å². The Morgan fingerprint density at radius 1 is 1.28 bits per heavy atom. The lowest BCUT2D eigenvalue weighted by Gasteiger charge is -2.06. The Kier molecular flexibility index (Phi) is 3.47. The summed E-state index contributed by atoms with van der Waals surface area (Å²) in [5.74, 6) is 1.27. The molecule has 0 saturated carbocycles. The highest BCUT2D eigenvalue weighted by Crippen LogP contribution is 2.23. The first kappa shape index (κ1) is 12.4. The maximum atomic E-state index is 8.68. The maximum Gasteiger partial charge on any atom is 0.121 e. The van der Waals surface area contributed by atoms with Gasteiger partial charge < -0.3 is 4.98 Å². The second kappa shape index (κ2) is 5.05. The molecular formula is C15H17N3. The van der Waals surface area contributed by atoms with Crippen LogP contribution in [-0.2, 0) is 6.42 Å². The van der Waals surface area contributed by atoms with Gasteiger partial charge in [-0.05, 0) is 18.4 Å². The van der Waals surface area contributed by atoms with Gasteiger partial charge in [0, 0.05) is 11.3 Å². The number of aromatic nitrogens is 2. The van der Waals surface area contributed by atoms with Crippen LogP contribution in [0.5, 0.6) is 0 Å². The molecule has 1 aromatic carbocycles. The molecule has 0 aliphatic heterocycles. The van der Waals surface area contributed by atoms with Crippen molar-refractivity contribution in [3.63, 3.8) is 0 Å². The lowest BCUT2D eigenvalue weighted by atomic mass is 10.0. The van der Waals surface area contributed by atoms with Crippen molar-refractivity contribution in [2.24, 2.45) is 0 Å². The lowest BCUT2D eigenvalue weighted by Crippen LogP contribution is -1.88. The molecule has 0 amide bonds. The molecule has 0 spiro atoms. The molecule has 0 saturated heterocycles. The number of H-pyrrole nitrogens is 1. The normalized spacial score (nSPS) is 10.6. The first-order chi connectivity index (χ1) is 8.61. The summed E-state index contributed by atoms with van der Waals surface area (Å²) in [4.78, 5) is 7.61. The van der Waals surface area contributed by atoms with Gasteiger partial charge in [0.25, 0.3) is 0 Å². The van der Waals surface area contributed by atoms with Gasteiger partial charge in [-0.2, -0.15) is 5.26 Å². The number of aryl methyl sites for hydroxylation is 1. The zero-order valence-corrected chi connectivity index (χ0v) is 11.0. The van der Waals surface area contributed by atoms with Crippen molar-refractivity contribution in [2.45, 2.75) is 33.1 Å². The van der Waals surface area contributed by atoms with Crippen LogP contribution in [0.4, 0.5) is 0 Å². The summed E-state index contributed by atoms with van der Waals surface area (Å²) in [5, 5.41) is 8.68. The highest BCUT2D eigenvalue weighted by atomic mass is 14.9. The predicted molar refractivity (Wildman–Crippen MR) is 72.2 cm³/mol. The Morgan fingerprint density at radius 3 is 2.50 bits per heavy atom. The van der Waals surface area contributed by atoms with E-state index in [0.717, 1.165) is 22.8 Å². The number of rotatable bonds is 3. The molecule has 3 heteroatoms. The van der Waals surface area contributed by atoms with Crippen LogP contribution >= 0.6 is 0 Å². The summed E-state index contributed by atoms with van der Waals surface area (Å²) in [5.41, 5.74) is 4.37. The number of hydrogen-bond donors (Lipinski definition) is 1. The van der Waals surface area contributed by atoms with Gasteiger partial charge in [-0.1, -0.05) is 38.1 Å². The molecule has 0 aliphatic rings. The Hall–Kier alpha value is -2.08. The largest absolute Gasteiger partial charge is 0.345 e. The molecule has 0 fully saturated rings. The van der Waals surface area contributed by atoms with Crippen LogP contribution in [0.1, 0.15) is 36.8 Å². The third-order valence-electron chi connectivity index (χ3n) is 3.03. The van der Waals surface area contributed by atoms with Gasteiger partial charge in [0.15, 0.2) is 0 Å². The number of aromatic amines is 1. The fourth-order valence-electron chi connectivity index (χ4n) is 1.99. The monoisotopic (exact) mass is 239 g/mol. The van der Waals surface area contributed by atoms with Crippen LogP contribution in [0.2, 0.25) is 0 Å². The third kappa shape index (κ3) is 2.43. The average molecular weight is 239 g/mol. The SMILES string of the molecule is Cc1[nH]c(CC#N)nc1-c1ccc(C(C)C)cc1. The summed E-state index contributed by atoms with van der Waals surface area (Å²) in [6, 6.07) is 10.6. The zero-order valence-electron chi connectivity index (χ0n) is 11.0. The molecule has 1 heterocycles. The van der Waals surface area contributed by atoms with Crippen LogP contribution in [0.3, 0.4) is 0 Å². The van der Waals surface area contributed by atoms with Crippen LogP contribution in [0, 0.1) is 18.3 Å². The molecule has 18 heavy (non-hydrogen) atoms. The van der Waals surface area contributed by atoms with Gasteiger partial charge in [-0.15, -0.1) is 0 Å². The molecular weight excluding hydrogens is 222 g/mol. The highest BCUT2D eigenvalue weighted by molar-refractivity contribution is 5.62. The fraction of sp³-hybridized carbons (Fsp3) is 0.333. The van der Waals surface area contributed by atoms with E-state index in [9.17, 15) is 0 Å². The fourth-order valence-corrected chi connectivity index (χ4v) is 1.99. The highest BCUT2D eigenvalue weighted by Gasteiger charge is 2.09. The molecule has 0 radical (unpaired) electrons.